The van der Waals surface area contributed by atoms with Gasteiger partial charge in [-0.3, -0.25) is 4.79 Å². The largest absolute Gasteiger partial charge is 0.351 e. The van der Waals surface area contributed by atoms with Crippen LogP contribution in [0, 0.1) is 19.7 Å². The highest BCUT2D eigenvalue weighted by atomic mass is 35.5. The first-order chi connectivity index (χ1) is 15.2. The molecular weight excluding hydrogens is 451 g/mol. The molecule has 0 aromatic heterocycles. The van der Waals surface area contributed by atoms with E-state index in [2.05, 4.69) is 5.32 Å². The maximum Gasteiger partial charge on any atom is 0.243 e. The number of carbonyl (C=O) groups excluding carboxylic acids is 1. The first kappa shape index (κ1) is 23.9. The Morgan fingerprint density at radius 3 is 2.34 bits per heavy atom. The molecule has 32 heavy (non-hydrogen) atoms. The smallest absolute Gasteiger partial charge is 0.243 e. The van der Waals surface area contributed by atoms with Crippen molar-refractivity contribution in [2.45, 2.75) is 31.8 Å². The number of hydrogen-bond acceptors (Lipinski definition) is 3. The number of benzene rings is 3. The summed E-state index contributed by atoms with van der Waals surface area (Å²) in [5.74, 6) is -1.14. The predicted octanol–water partition coefficient (Wildman–Crippen LogP) is 4.60. The molecule has 0 spiro atoms. The van der Waals surface area contributed by atoms with Crippen LogP contribution in [0.2, 0.25) is 5.02 Å². The lowest BCUT2D eigenvalue weighted by molar-refractivity contribution is -0.121. The number of amides is 1. The number of nitrogens with zero attached hydrogens (tertiary/aromatic N) is 1. The summed E-state index contributed by atoms with van der Waals surface area (Å²) >= 11 is 6.12. The molecular formula is C24H24ClFN2O3S. The molecule has 0 bridgehead atoms. The molecule has 0 heterocycles. The lowest BCUT2D eigenvalue weighted by Crippen LogP contribution is -2.40. The van der Waals surface area contributed by atoms with E-state index in [1.807, 2.05) is 38.1 Å². The molecule has 3 aromatic rings. The van der Waals surface area contributed by atoms with Crippen LogP contribution in [-0.4, -0.2) is 25.2 Å². The molecule has 1 amide bonds. The highest BCUT2D eigenvalue weighted by Crippen LogP contribution is 2.24. The van der Waals surface area contributed by atoms with Crippen LogP contribution in [0.4, 0.5) is 4.39 Å². The molecule has 0 fully saturated rings. The van der Waals surface area contributed by atoms with Crippen molar-refractivity contribution < 1.29 is 17.6 Å². The molecule has 0 atom stereocenters. The minimum Gasteiger partial charge on any atom is -0.351 e. The summed E-state index contributed by atoms with van der Waals surface area (Å²) in [5, 5.41) is 2.82. The molecule has 8 heteroatoms. The quantitative estimate of drug-likeness (QED) is 0.518. The van der Waals surface area contributed by atoms with Crippen molar-refractivity contribution in [3.05, 3.63) is 99.8 Å². The number of aryl methyl sites for hydroxylation is 2. The van der Waals surface area contributed by atoms with Gasteiger partial charge in [-0.25, -0.2) is 12.8 Å². The van der Waals surface area contributed by atoms with Gasteiger partial charge in [0.2, 0.25) is 15.9 Å². The summed E-state index contributed by atoms with van der Waals surface area (Å²) in [6.07, 6.45) is 0. The third kappa shape index (κ3) is 5.94. The van der Waals surface area contributed by atoms with E-state index in [-0.39, 0.29) is 28.6 Å². The topological polar surface area (TPSA) is 66.5 Å². The van der Waals surface area contributed by atoms with Gasteiger partial charge in [0.05, 0.1) is 11.4 Å². The van der Waals surface area contributed by atoms with Gasteiger partial charge in [-0.05, 0) is 43.7 Å². The zero-order valence-electron chi connectivity index (χ0n) is 17.8. The Morgan fingerprint density at radius 1 is 1.00 bits per heavy atom. The van der Waals surface area contributed by atoms with Crippen molar-refractivity contribution in [2.75, 3.05) is 6.54 Å². The Morgan fingerprint density at radius 2 is 1.69 bits per heavy atom. The minimum absolute atomic E-state index is 0.0105. The van der Waals surface area contributed by atoms with E-state index in [1.54, 1.807) is 12.1 Å². The van der Waals surface area contributed by atoms with Gasteiger partial charge in [-0.1, -0.05) is 65.2 Å². The van der Waals surface area contributed by atoms with Crippen molar-refractivity contribution in [1.82, 2.24) is 9.62 Å². The number of hydrogen-bond donors (Lipinski definition) is 1. The fourth-order valence-electron chi connectivity index (χ4n) is 3.18. The Bertz CT molecular complexity index is 1190. The van der Waals surface area contributed by atoms with E-state index in [1.165, 1.54) is 30.3 Å². The molecule has 168 valence electrons. The Labute approximate surface area is 192 Å². The lowest BCUT2D eigenvalue weighted by Gasteiger charge is -2.23. The number of nitrogens with one attached hydrogen (secondary N) is 1. The standard InChI is InChI=1S/C24H24ClFN2O3S/c1-17-9-11-20(12-10-17)32(30,31)28(15-21-22(25)7-4-8-23(21)26)16-24(29)27-14-19-6-3-5-18(2)13-19/h3-13H,14-16H2,1-2H3,(H,27,29). The second-order valence-electron chi connectivity index (χ2n) is 7.55. The lowest BCUT2D eigenvalue weighted by atomic mass is 10.1. The van der Waals surface area contributed by atoms with Crippen LogP contribution in [0.5, 0.6) is 0 Å². The van der Waals surface area contributed by atoms with Gasteiger partial charge in [0.1, 0.15) is 5.82 Å². The van der Waals surface area contributed by atoms with E-state index in [0.29, 0.717) is 0 Å². The van der Waals surface area contributed by atoms with Crippen molar-refractivity contribution in [3.8, 4) is 0 Å². The summed E-state index contributed by atoms with van der Waals surface area (Å²) < 4.78 is 41.9. The summed E-state index contributed by atoms with van der Waals surface area (Å²) in [5.41, 5.74) is 2.85. The average Bonchev–Trinajstić information content (AvgIpc) is 2.74. The van der Waals surface area contributed by atoms with E-state index >= 15 is 0 Å². The van der Waals surface area contributed by atoms with Crippen LogP contribution < -0.4 is 5.32 Å². The molecule has 3 aromatic carbocycles. The molecule has 0 aliphatic heterocycles. The zero-order chi connectivity index (χ0) is 23.3. The van der Waals surface area contributed by atoms with Gasteiger partial charge >= 0.3 is 0 Å². The number of rotatable bonds is 8. The zero-order valence-corrected chi connectivity index (χ0v) is 19.4. The van der Waals surface area contributed by atoms with Crippen LogP contribution in [-0.2, 0) is 27.9 Å². The van der Waals surface area contributed by atoms with E-state index in [9.17, 15) is 17.6 Å². The van der Waals surface area contributed by atoms with Crippen LogP contribution in [0.1, 0.15) is 22.3 Å². The first-order valence-corrected chi connectivity index (χ1v) is 11.8. The molecule has 0 aliphatic carbocycles. The third-order valence-electron chi connectivity index (χ3n) is 4.95. The fourth-order valence-corrected chi connectivity index (χ4v) is 4.77. The van der Waals surface area contributed by atoms with Crippen molar-refractivity contribution in [3.63, 3.8) is 0 Å². The van der Waals surface area contributed by atoms with Gasteiger partial charge in [-0.15, -0.1) is 0 Å². The van der Waals surface area contributed by atoms with Gasteiger partial charge < -0.3 is 5.32 Å². The first-order valence-electron chi connectivity index (χ1n) is 9.99. The van der Waals surface area contributed by atoms with Gasteiger partial charge in [-0.2, -0.15) is 4.31 Å². The van der Waals surface area contributed by atoms with Gasteiger partial charge in [0.25, 0.3) is 0 Å². The summed E-state index contributed by atoms with van der Waals surface area (Å²) in [4.78, 5) is 12.7. The maximum atomic E-state index is 14.4. The Balaban J connectivity index is 1.86. The second kappa shape index (κ2) is 10.3. The molecule has 5 nitrogen and oxygen atoms in total. The summed E-state index contributed by atoms with van der Waals surface area (Å²) in [7, 11) is -4.09. The van der Waals surface area contributed by atoms with E-state index in [4.69, 9.17) is 11.6 Å². The van der Waals surface area contributed by atoms with Crippen LogP contribution in [0.25, 0.3) is 0 Å². The Hall–Kier alpha value is -2.74. The highest BCUT2D eigenvalue weighted by molar-refractivity contribution is 7.89. The molecule has 0 aliphatic rings. The third-order valence-corrected chi connectivity index (χ3v) is 7.11. The molecule has 1 N–H and O–H groups in total. The van der Waals surface area contributed by atoms with Crippen LogP contribution in [0.3, 0.4) is 0 Å². The number of carbonyl (C=O) groups is 1. The fraction of sp³-hybridized carbons (Fsp3) is 0.208. The van der Waals surface area contributed by atoms with Crippen LogP contribution >= 0.6 is 11.6 Å². The van der Waals surface area contributed by atoms with E-state index < -0.39 is 28.3 Å². The van der Waals surface area contributed by atoms with Crippen LogP contribution in [0.15, 0.2) is 71.6 Å². The maximum absolute atomic E-state index is 14.4. The predicted molar refractivity (Wildman–Crippen MR) is 123 cm³/mol. The van der Waals surface area contributed by atoms with Crippen molar-refractivity contribution in [1.29, 1.82) is 0 Å². The van der Waals surface area contributed by atoms with Crippen molar-refractivity contribution >= 4 is 27.5 Å². The SMILES string of the molecule is Cc1ccc(S(=O)(=O)N(CC(=O)NCc2cccc(C)c2)Cc2c(F)cccc2Cl)cc1. The Kier molecular flexibility index (Phi) is 7.66. The average molecular weight is 475 g/mol. The summed E-state index contributed by atoms with van der Waals surface area (Å²) in [6, 6.07) is 18.0. The van der Waals surface area contributed by atoms with E-state index in [0.717, 1.165) is 21.0 Å². The molecule has 0 saturated heterocycles. The van der Waals surface area contributed by atoms with Gasteiger partial charge in [0.15, 0.2) is 0 Å². The number of sulfonamides is 1. The number of halogens is 2. The van der Waals surface area contributed by atoms with Crippen molar-refractivity contribution in [2.24, 2.45) is 0 Å². The second-order valence-corrected chi connectivity index (χ2v) is 9.90. The molecule has 0 unspecified atom stereocenters. The molecule has 3 rings (SSSR count). The molecule has 0 saturated carbocycles. The normalized spacial score (nSPS) is 11.5. The summed E-state index contributed by atoms with van der Waals surface area (Å²) in [6.45, 7) is 3.18. The van der Waals surface area contributed by atoms with Gasteiger partial charge in [0, 0.05) is 23.7 Å². The monoisotopic (exact) mass is 474 g/mol. The molecule has 0 radical (unpaired) electrons. The highest BCUT2D eigenvalue weighted by Gasteiger charge is 2.28. The minimum atomic E-state index is -4.09.